The zero-order valence-electron chi connectivity index (χ0n) is 6.73. The number of hydrogen-bond donors (Lipinski definition) is 4. The third-order valence-electron chi connectivity index (χ3n) is 1.48. The molecule has 0 fully saturated rings. The Bertz CT molecular complexity index is 251. The van der Waals surface area contributed by atoms with Crippen molar-refractivity contribution in [2.45, 2.75) is 12.5 Å². The Labute approximate surface area is 80.9 Å². The molecule has 0 aromatic carbocycles. The third kappa shape index (κ3) is 3.41. The summed E-state index contributed by atoms with van der Waals surface area (Å²) in [4.78, 5) is 17.0. The second-order valence-electron chi connectivity index (χ2n) is 2.34. The van der Waals surface area contributed by atoms with Gasteiger partial charge in [0.2, 0.25) is 0 Å². The van der Waals surface area contributed by atoms with Gasteiger partial charge in [-0.3, -0.25) is 10.6 Å². The van der Waals surface area contributed by atoms with E-state index < -0.39 is 12.0 Å². The highest BCUT2D eigenvalue weighted by Gasteiger charge is 2.15. The number of nitrogens with two attached hydrogens (primary N) is 1. The van der Waals surface area contributed by atoms with Gasteiger partial charge in [-0.15, -0.1) is 12.4 Å². The van der Waals surface area contributed by atoms with Crippen LogP contribution in [-0.4, -0.2) is 27.1 Å². The van der Waals surface area contributed by atoms with Crippen molar-refractivity contribution < 1.29 is 9.90 Å². The number of carbonyl (C=O) groups is 1. The molecule has 0 radical (unpaired) electrons. The Morgan fingerprint density at radius 2 is 2.54 bits per heavy atom. The van der Waals surface area contributed by atoms with E-state index in [1.54, 1.807) is 6.20 Å². The van der Waals surface area contributed by atoms with Crippen molar-refractivity contribution in [2.24, 2.45) is 5.84 Å². The van der Waals surface area contributed by atoms with Crippen molar-refractivity contribution in [1.29, 1.82) is 0 Å². The number of imidazole rings is 1. The zero-order valence-corrected chi connectivity index (χ0v) is 7.54. The topological polar surface area (TPSA) is 104 Å². The maximum absolute atomic E-state index is 10.5. The molecule has 0 unspecified atom stereocenters. The van der Waals surface area contributed by atoms with E-state index in [-0.39, 0.29) is 12.4 Å². The summed E-state index contributed by atoms with van der Waals surface area (Å²) in [5.41, 5.74) is 2.93. The number of carboxylic acids is 1. The standard InChI is InChI=1S/C6H10N4O2.ClH/c7-10-5(6(11)12)1-4-2-8-3-9-4;/h2-3,5,10H,1,7H2,(H,8,9)(H,11,12);1H/t5-;/m0./s1. The van der Waals surface area contributed by atoms with Crippen LogP contribution >= 0.6 is 12.4 Å². The quantitative estimate of drug-likeness (QED) is 0.385. The van der Waals surface area contributed by atoms with E-state index >= 15 is 0 Å². The number of hydrazine groups is 1. The van der Waals surface area contributed by atoms with Gasteiger partial charge in [-0.25, -0.2) is 10.4 Å². The first-order valence-electron chi connectivity index (χ1n) is 3.40. The SMILES string of the molecule is Cl.NN[C@@H](Cc1cnc[nH]1)C(=O)O. The van der Waals surface area contributed by atoms with Gasteiger partial charge < -0.3 is 10.1 Å². The molecule has 5 N–H and O–H groups in total. The summed E-state index contributed by atoms with van der Waals surface area (Å²) >= 11 is 0. The predicted octanol–water partition coefficient (Wildman–Crippen LogP) is -0.710. The molecule has 0 amide bonds. The van der Waals surface area contributed by atoms with Crippen LogP contribution in [0.4, 0.5) is 0 Å². The first-order chi connectivity index (χ1) is 5.74. The summed E-state index contributed by atoms with van der Waals surface area (Å²) in [6, 6.07) is -0.773. The molecule has 1 heterocycles. The lowest BCUT2D eigenvalue weighted by Gasteiger charge is -2.08. The zero-order chi connectivity index (χ0) is 8.97. The van der Waals surface area contributed by atoms with Crippen LogP contribution in [0, 0.1) is 0 Å². The normalized spacial score (nSPS) is 11.8. The van der Waals surface area contributed by atoms with Crippen LogP contribution in [0.3, 0.4) is 0 Å². The van der Waals surface area contributed by atoms with Gasteiger partial charge in [0, 0.05) is 18.3 Å². The summed E-state index contributed by atoms with van der Waals surface area (Å²) in [7, 11) is 0. The highest BCUT2D eigenvalue weighted by atomic mass is 35.5. The fraction of sp³-hybridized carbons (Fsp3) is 0.333. The number of halogens is 1. The summed E-state index contributed by atoms with van der Waals surface area (Å²) in [5.74, 6) is 4.05. The van der Waals surface area contributed by atoms with E-state index in [0.29, 0.717) is 6.42 Å². The van der Waals surface area contributed by atoms with Crippen LogP contribution in [0.1, 0.15) is 5.69 Å². The Morgan fingerprint density at radius 1 is 1.85 bits per heavy atom. The number of aromatic amines is 1. The first kappa shape index (κ1) is 11.9. The molecule has 0 saturated carbocycles. The van der Waals surface area contributed by atoms with Crippen LogP contribution in [0.5, 0.6) is 0 Å². The minimum atomic E-state index is -0.980. The molecule has 0 aliphatic heterocycles. The third-order valence-corrected chi connectivity index (χ3v) is 1.48. The Hall–Kier alpha value is -1.11. The highest BCUT2D eigenvalue weighted by Crippen LogP contribution is 1.96. The van der Waals surface area contributed by atoms with Gasteiger partial charge in [0.1, 0.15) is 6.04 Å². The number of carboxylic acid groups (broad SMARTS) is 1. The van der Waals surface area contributed by atoms with Gasteiger partial charge in [0.05, 0.1) is 6.33 Å². The Kier molecular flexibility index (Phi) is 5.05. The van der Waals surface area contributed by atoms with E-state index in [1.807, 2.05) is 0 Å². The molecule has 0 saturated heterocycles. The maximum Gasteiger partial charge on any atom is 0.322 e. The summed E-state index contributed by atoms with van der Waals surface area (Å²) < 4.78 is 0. The van der Waals surface area contributed by atoms with Crippen molar-refractivity contribution in [2.75, 3.05) is 0 Å². The minimum Gasteiger partial charge on any atom is -0.480 e. The van der Waals surface area contributed by atoms with Gasteiger partial charge in [0.25, 0.3) is 0 Å². The lowest BCUT2D eigenvalue weighted by Crippen LogP contribution is -2.42. The molecule has 0 aliphatic carbocycles. The van der Waals surface area contributed by atoms with Crippen LogP contribution in [-0.2, 0) is 11.2 Å². The van der Waals surface area contributed by atoms with Crippen LogP contribution in [0.25, 0.3) is 0 Å². The van der Waals surface area contributed by atoms with Crippen LogP contribution < -0.4 is 11.3 Å². The molecular formula is C6H11ClN4O2. The van der Waals surface area contributed by atoms with E-state index in [9.17, 15) is 4.79 Å². The number of H-pyrrole nitrogens is 1. The lowest BCUT2D eigenvalue weighted by atomic mass is 10.2. The molecule has 13 heavy (non-hydrogen) atoms. The smallest absolute Gasteiger partial charge is 0.322 e. The van der Waals surface area contributed by atoms with Crippen LogP contribution in [0.15, 0.2) is 12.5 Å². The van der Waals surface area contributed by atoms with Crippen molar-refractivity contribution in [3.05, 3.63) is 18.2 Å². The number of aromatic nitrogens is 2. The second kappa shape index (κ2) is 5.52. The number of hydrogen-bond acceptors (Lipinski definition) is 4. The molecule has 7 heteroatoms. The van der Waals surface area contributed by atoms with Gasteiger partial charge >= 0.3 is 5.97 Å². The van der Waals surface area contributed by atoms with Crippen molar-refractivity contribution in [3.8, 4) is 0 Å². The average molecular weight is 207 g/mol. The molecule has 6 nitrogen and oxygen atoms in total. The van der Waals surface area contributed by atoms with E-state index in [0.717, 1.165) is 5.69 Å². The first-order valence-corrected chi connectivity index (χ1v) is 3.40. The molecule has 1 atom stereocenters. The van der Waals surface area contributed by atoms with E-state index in [4.69, 9.17) is 10.9 Å². The Balaban J connectivity index is 0.00000144. The fourth-order valence-corrected chi connectivity index (χ4v) is 0.834. The van der Waals surface area contributed by atoms with Gasteiger partial charge in [-0.05, 0) is 0 Å². The van der Waals surface area contributed by atoms with E-state index in [2.05, 4.69) is 15.4 Å². The van der Waals surface area contributed by atoms with Crippen molar-refractivity contribution in [3.63, 3.8) is 0 Å². The highest BCUT2D eigenvalue weighted by molar-refractivity contribution is 5.85. The Morgan fingerprint density at radius 3 is 2.92 bits per heavy atom. The van der Waals surface area contributed by atoms with Gasteiger partial charge in [-0.2, -0.15) is 0 Å². The molecule has 1 rings (SSSR count). The largest absolute Gasteiger partial charge is 0.480 e. The molecule has 74 valence electrons. The van der Waals surface area contributed by atoms with Crippen molar-refractivity contribution in [1.82, 2.24) is 15.4 Å². The second-order valence-corrected chi connectivity index (χ2v) is 2.34. The number of rotatable bonds is 4. The van der Waals surface area contributed by atoms with Crippen LogP contribution in [0.2, 0.25) is 0 Å². The number of aliphatic carboxylic acids is 1. The van der Waals surface area contributed by atoms with E-state index in [1.165, 1.54) is 6.33 Å². The summed E-state index contributed by atoms with van der Waals surface area (Å²) in [6.07, 6.45) is 3.35. The van der Waals surface area contributed by atoms with Gasteiger partial charge in [-0.1, -0.05) is 0 Å². The molecule has 1 aromatic rings. The monoisotopic (exact) mass is 206 g/mol. The predicted molar refractivity (Wildman–Crippen MR) is 48.3 cm³/mol. The number of nitrogens with one attached hydrogen (secondary N) is 2. The molecular weight excluding hydrogens is 196 g/mol. The molecule has 1 aromatic heterocycles. The minimum absolute atomic E-state index is 0. The maximum atomic E-state index is 10.5. The summed E-state index contributed by atoms with van der Waals surface area (Å²) in [5, 5.41) is 8.60. The van der Waals surface area contributed by atoms with Gasteiger partial charge in [0.15, 0.2) is 0 Å². The molecule has 0 bridgehead atoms. The fourth-order valence-electron chi connectivity index (χ4n) is 0.834. The molecule has 0 spiro atoms. The lowest BCUT2D eigenvalue weighted by molar-refractivity contribution is -0.139. The summed E-state index contributed by atoms with van der Waals surface area (Å²) in [6.45, 7) is 0. The van der Waals surface area contributed by atoms with Crippen molar-refractivity contribution >= 4 is 18.4 Å². The molecule has 0 aliphatic rings. The number of nitrogens with zero attached hydrogens (tertiary/aromatic N) is 1. The average Bonchev–Trinajstić information content (AvgIpc) is 2.51.